The predicted octanol–water partition coefficient (Wildman–Crippen LogP) is 9.15. The van der Waals surface area contributed by atoms with Gasteiger partial charge in [-0.1, -0.05) is 0 Å². The van der Waals surface area contributed by atoms with Crippen LogP contribution < -0.4 is 0 Å². The van der Waals surface area contributed by atoms with Crippen molar-refractivity contribution in [2.24, 2.45) is 5.92 Å². The van der Waals surface area contributed by atoms with Crippen LogP contribution in [0.1, 0.15) is 66.1 Å². The minimum atomic E-state index is -1.98. The van der Waals surface area contributed by atoms with Crippen LogP contribution in [0.3, 0.4) is 0 Å². The Morgan fingerprint density at radius 2 is 1.33 bits per heavy atom. The van der Waals surface area contributed by atoms with Crippen LogP contribution in [0.15, 0.2) is 68.0 Å². The van der Waals surface area contributed by atoms with Gasteiger partial charge in [-0.15, -0.1) is 24.8 Å². The smallest absolute Gasteiger partial charge is 0.147 e. The molecule has 0 saturated carbocycles. The number of benzene rings is 2. The van der Waals surface area contributed by atoms with Crippen molar-refractivity contribution in [2.45, 2.75) is 65.2 Å². The molecule has 0 spiro atoms. The number of aryl methyl sites for hydroxylation is 2. The summed E-state index contributed by atoms with van der Waals surface area (Å²) in [7, 11) is 0. The predicted molar refractivity (Wildman–Crippen MR) is 149 cm³/mol. The molecule has 2 aromatic carbocycles. The normalized spacial score (nSPS) is 19.4. The SMILES string of the molecule is CC1=C(C)C(C)[C]([Zr]([CH]2C(C)=C(c3ccccc3)c3cc(C)c(C)cc32)=[Si](C)C)=C1C.Cl.Cl. The molecule has 0 bridgehead atoms. The van der Waals surface area contributed by atoms with Crippen LogP contribution in [0.2, 0.25) is 13.1 Å². The van der Waals surface area contributed by atoms with Gasteiger partial charge in [-0.25, -0.2) is 0 Å². The molecule has 2 atom stereocenters. The minimum absolute atomic E-state index is 0. The molecule has 4 rings (SSSR count). The first-order chi connectivity index (χ1) is 14.6. The van der Waals surface area contributed by atoms with E-state index in [2.05, 4.69) is 104 Å². The quantitative estimate of drug-likeness (QED) is 0.320. The van der Waals surface area contributed by atoms with Crippen LogP contribution in [0, 0.1) is 19.8 Å². The molecule has 0 nitrogen and oxygen atoms in total. The number of hydrogen-bond donors (Lipinski definition) is 0. The van der Waals surface area contributed by atoms with E-state index in [1.54, 1.807) is 27.9 Å². The van der Waals surface area contributed by atoms with E-state index in [0.717, 1.165) is 0 Å². The van der Waals surface area contributed by atoms with Crippen LogP contribution in [-0.2, 0) is 20.4 Å². The summed E-state index contributed by atoms with van der Waals surface area (Å²) in [5.74, 6) is 0.651. The standard InChI is InChI=1S/C18H17.C9H13.C2H6Si.2ClH.Zr/c1-12-9-16-10-14(3)18(17(16)11-13(12)2)15-7-5-4-6-8-15;1-6-5-7(2)9(4)8(6)3;1-3-2;;;/h4-11H,1-3H3;6H,1-4H3;1-2H3;2*1H;. The van der Waals surface area contributed by atoms with E-state index in [1.165, 1.54) is 27.8 Å². The van der Waals surface area contributed by atoms with E-state index in [1.807, 2.05) is 3.28 Å². The second kappa shape index (κ2) is 10.9. The van der Waals surface area contributed by atoms with Gasteiger partial charge in [-0.3, -0.25) is 0 Å². The Labute approximate surface area is 221 Å². The van der Waals surface area contributed by atoms with Gasteiger partial charge in [0.05, 0.1) is 0 Å². The first-order valence-electron chi connectivity index (χ1n) is 11.6. The van der Waals surface area contributed by atoms with Gasteiger partial charge < -0.3 is 0 Å². The summed E-state index contributed by atoms with van der Waals surface area (Å²) in [5, 5.41) is 0. The second-order valence-corrected chi connectivity index (χ2v) is 27.2. The van der Waals surface area contributed by atoms with Gasteiger partial charge in [-0.2, -0.15) is 0 Å². The molecule has 0 fully saturated rings. The fraction of sp³-hybridized carbons (Fsp3) is 0.379. The van der Waals surface area contributed by atoms with Gasteiger partial charge in [0.2, 0.25) is 0 Å². The molecule has 0 radical (unpaired) electrons. The molecular weight excluding hydrogens is 539 g/mol. The van der Waals surface area contributed by atoms with E-state index in [-0.39, 0.29) is 30.2 Å². The number of hydrogen-bond acceptors (Lipinski definition) is 0. The molecule has 0 heterocycles. The number of rotatable bonds is 3. The van der Waals surface area contributed by atoms with Gasteiger partial charge in [0.1, 0.15) is 0 Å². The van der Waals surface area contributed by atoms with Gasteiger partial charge in [0.25, 0.3) is 0 Å². The maximum absolute atomic E-state index is 2.62. The Morgan fingerprint density at radius 1 is 0.758 bits per heavy atom. The zero-order valence-corrected chi connectivity index (χ0v) is 26.6. The van der Waals surface area contributed by atoms with Crippen molar-refractivity contribution in [1.29, 1.82) is 0 Å². The topological polar surface area (TPSA) is 0 Å². The Hall–Kier alpha value is -0.660. The van der Waals surface area contributed by atoms with Crippen molar-refractivity contribution in [2.75, 3.05) is 0 Å². The average Bonchev–Trinajstić information content (AvgIpc) is 3.10. The molecule has 0 aliphatic heterocycles. The molecule has 2 unspecified atom stereocenters. The Kier molecular flexibility index (Phi) is 9.48. The summed E-state index contributed by atoms with van der Waals surface area (Å²) in [5.41, 5.74) is 15.1. The molecule has 4 heteroatoms. The summed E-state index contributed by atoms with van der Waals surface area (Å²) in [4.78, 5) is 0. The van der Waals surface area contributed by atoms with Crippen LogP contribution in [0.25, 0.3) is 5.57 Å². The van der Waals surface area contributed by atoms with Crippen molar-refractivity contribution in [3.05, 3.63) is 95.9 Å². The Morgan fingerprint density at radius 3 is 1.85 bits per heavy atom. The minimum Gasteiger partial charge on any atom is -0.147 e. The molecule has 2 aliphatic rings. The second-order valence-electron chi connectivity index (χ2n) is 9.86. The fourth-order valence-electron chi connectivity index (χ4n) is 5.76. The first-order valence-corrected chi connectivity index (χ1v) is 20.4. The zero-order chi connectivity index (χ0) is 22.6. The van der Waals surface area contributed by atoms with E-state index in [4.69, 9.17) is 0 Å². The Bertz CT molecular complexity index is 1210. The molecular formula is C29H38Cl2SiZr. The summed E-state index contributed by atoms with van der Waals surface area (Å²) >= 11 is -1.98. The zero-order valence-electron chi connectivity index (χ0n) is 21.5. The van der Waals surface area contributed by atoms with Crippen LogP contribution >= 0.6 is 24.8 Å². The fourth-order valence-corrected chi connectivity index (χ4v) is 26.4. The largest absolute Gasteiger partial charge is 0.147 e. The Balaban J connectivity index is 0.00000193. The maximum Gasteiger partial charge on any atom is -0.147 e. The molecule has 2 aromatic rings. The van der Waals surface area contributed by atoms with Crippen molar-refractivity contribution in [1.82, 2.24) is 0 Å². The third kappa shape index (κ3) is 4.75. The number of fused-ring (bicyclic) bond motifs is 1. The first kappa shape index (κ1) is 28.6. The van der Waals surface area contributed by atoms with Crippen molar-refractivity contribution in [3.63, 3.8) is 0 Å². The van der Waals surface area contributed by atoms with Crippen LogP contribution in [0.5, 0.6) is 0 Å². The summed E-state index contributed by atoms with van der Waals surface area (Å²) in [6, 6.07) is 16.2. The van der Waals surface area contributed by atoms with Gasteiger partial charge in [0, 0.05) is 0 Å². The number of allylic oxidation sites excluding steroid dienone is 5. The number of halogens is 2. The monoisotopic (exact) mass is 574 g/mol. The summed E-state index contributed by atoms with van der Waals surface area (Å²) in [6.45, 7) is 21.9. The summed E-state index contributed by atoms with van der Waals surface area (Å²) < 4.78 is 2.60. The third-order valence-electron chi connectivity index (χ3n) is 7.89. The third-order valence-corrected chi connectivity index (χ3v) is 26.9. The van der Waals surface area contributed by atoms with Crippen molar-refractivity contribution < 1.29 is 20.4 Å². The molecule has 176 valence electrons. The average molecular weight is 577 g/mol. The van der Waals surface area contributed by atoms with E-state index < -0.39 is 20.4 Å². The van der Waals surface area contributed by atoms with Crippen molar-refractivity contribution >= 4 is 35.8 Å². The maximum atomic E-state index is 2.62. The molecule has 0 aromatic heterocycles. The molecule has 2 aliphatic carbocycles. The van der Waals surface area contributed by atoms with E-state index in [9.17, 15) is 0 Å². The van der Waals surface area contributed by atoms with Crippen LogP contribution in [0.4, 0.5) is 0 Å². The molecule has 33 heavy (non-hydrogen) atoms. The summed E-state index contributed by atoms with van der Waals surface area (Å²) in [6.07, 6.45) is 0. The van der Waals surface area contributed by atoms with Gasteiger partial charge in [0.15, 0.2) is 0 Å². The molecule has 0 amide bonds. The van der Waals surface area contributed by atoms with E-state index in [0.29, 0.717) is 9.54 Å². The van der Waals surface area contributed by atoms with Crippen molar-refractivity contribution in [3.8, 4) is 0 Å². The van der Waals surface area contributed by atoms with Crippen LogP contribution in [-0.4, -0.2) is 5.43 Å². The van der Waals surface area contributed by atoms with E-state index >= 15 is 0 Å². The van der Waals surface area contributed by atoms with Gasteiger partial charge >= 0.3 is 198 Å². The molecule has 0 saturated heterocycles. The molecule has 0 N–H and O–H groups in total. The van der Waals surface area contributed by atoms with Gasteiger partial charge in [-0.05, 0) is 0 Å².